The second-order valence-electron chi connectivity index (χ2n) is 3.12. The molecule has 0 saturated carbocycles. The lowest BCUT2D eigenvalue weighted by Gasteiger charge is -2.31. The molecule has 0 spiro atoms. The van der Waals surface area contributed by atoms with Gasteiger partial charge in [-0.15, -0.1) is 0 Å². The summed E-state index contributed by atoms with van der Waals surface area (Å²) in [4.78, 5) is 0. The molecule has 0 radical (unpaired) electrons. The lowest BCUT2D eigenvalue weighted by Crippen LogP contribution is -2.44. The molecule has 0 bridgehead atoms. The van der Waals surface area contributed by atoms with E-state index in [-0.39, 0.29) is 13.2 Å². The van der Waals surface area contributed by atoms with E-state index in [1.165, 1.54) is 0 Å². The fourth-order valence-corrected chi connectivity index (χ4v) is 1.43. The molecule has 0 amide bonds. The van der Waals surface area contributed by atoms with E-state index in [0.29, 0.717) is 11.5 Å². The van der Waals surface area contributed by atoms with Crippen LogP contribution in [0.4, 0.5) is 0 Å². The molecule has 4 nitrogen and oxygen atoms in total. The number of para-hydroxylation sites is 2. The summed E-state index contributed by atoms with van der Waals surface area (Å²) >= 11 is 0. The van der Waals surface area contributed by atoms with Crippen molar-refractivity contribution in [2.75, 3.05) is 13.2 Å². The minimum atomic E-state index is -0.491. The van der Waals surface area contributed by atoms with Gasteiger partial charge in [-0.05, 0) is 12.1 Å². The van der Waals surface area contributed by atoms with Crippen LogP contribution in [0.25, 0.3) is 0 Å². The van der Waals surface area contributed by atoms with Crippen LogP contribution in [-0.2, 0) is 0 Å². The zero-order valence-corrected chi connectivity index (χ0v) is 7.59. The first kappa shape index (κ1) is 9.30. The van der Waals surface area contributed by atoms with E-state index in [4.69, 9.17) is 19.7 Å². The summed E-state index contributed by atoms with van der Waals surface area (Å²) in [5.74, 6) is 1.22. The molecule has 0 aliphatic carbocycles. The quantitative estimate of drug-likeness (QED) is 0.708. The van der Waals surface area contributed by atoms with Gasteiger partial charge in [0.25, 0.3) is 0 Å². The van der Waals surface area contributed by atoms with Crippen molar-refractivity contribution in [3.63, 3.8) is 0 Å². The van der Waals surface area contributed by atoms with Crippen LogP contribution in [0.2, 0.25) is 0 Å². The van der Waals surface area contributed by atoms with Gasteiger partial charge >= 0.3 is 0 Å². The fourth-order valence-electron chi connectivity index (χ4n) is 1.43. The number of aliphatic hydroxyl groups is 2. The fraction of sp³-hybridized carbons (Fsp3) is 0.400. The van der Waals surface area contributed by atoms with Crippen molar-refractivity contribution in [1.29, 1.82) is 0 Å². The summed E-state index contributed by atoms with van der Waals surface area (Å²) in [6.07, 6.45) is -0.982. The van der Waals surface area contributed by atoms with Crippen LogP contribution in [0.15, 0.2) is 24.3 Å². The molecular formula is C10H12O4. The SMILES string of the molecule is OC[C@H]1Oc2ccccc2O[C@@H]1CO. The lowest BCUT2D eigenvalue weighted by molar-refractivity contribution is -0.0350. The van der Waals surface area contributed by atoms with Crippen molar-refractivity contribution < 1.29 is 19.7 Å². The van der Waals surface area contributed by atoms with Gasteiger partial charge < -0.3 is 19.7 Å². The van der Waals surface area contributed by atoms with Crippen molar-refractivity contribution in [3.8, 4) is 11.5 Å². The number of hydrogen-bond donors (Lipinski definition) is 2. The number of benzene rings is 1. The summed E-state index contributed by atoms with van der Waals surface area (Å²) in [7, 11) is 0. The summed E-state index contributed by atoms with van der Waals surface area (Å²) in [5.41, 5.74) is 0. The molecule has 4 heteroatoms. The Hall–Kier alpha value is -1.26. The molecule has 0 fully saturated rings. The summed E-state index contributed by atoms with van der Waals surface area (Å²) in [6.45, 7) is -0.334. The van der Waals surface area contributed by atoms with E-state index in [0.717, 1.165) is 0 Å². The van der Waals surface area contributed by atoms with E-state index >= 15 is 0 Å². The maximum absolute atomic E-state index is 9.00. The predicted molar refractivity (Wildman–Crippen MR) is 49.4 cm³/mol. The smallest absolute Gasteiger partial charge is 0.161 e. The second-order valence-corrected chi connectivity index (χ2v) is 3.12. The first-order chi connectivity index (χ1) is 6.85. The van der Waals surface area contributed by atoms with E-state index in [1.54, 1.807) is 12.1 Å². The molecule has 1 aliphatic heterocycles. The van der Waals surface area contributed by atoms with Crippen LogP contribution < -0.4 is 9.47 Å². The van der Waals surface area contributed by atoms with E-state index in [1.807, 2.05) is 12.1 Å². The molecule has 2 N–H and O–H groups in total. The van der Waals surface area contributed by atoms with Crippen molar-refractivity contribution in [1.82, 2.24) is 0 Å². The largest absolute Gasteiger partial charge is 0.480 e. The van der Waals surface area contributed by atoms with Gasteiger partial charge in [0.15, 0.2) is 23.7 Å². The van der Waals surface area contributed by atoms with Gasteiger partial charge in [0.2, 0.25) is 0 Å². The average Bonchev–Trinajstić information content (AvgIpc) is 2.27. The van der Waals surface area contributed by atoms with E-state index in [2.05, 4.69) is 0 Å². The van der Waals surface area contributed by atoms with E-state index in [9.17, 15) is 0 Å². The third kappa shape index (κ3) is 1.54. The standard InChI is InChI=1S/C10H12O4/c11-5-9-10(6-12)14-8-4-2-1-3-7(8)13-9/h1-4,9-12H,5-6H2/t9-,10-/m1/s1. The first-order valence-electron chi connectivity index (χ1n) is 4.49. The molecule has 2 rings (SSSR count). The van der Waals surface area contributed by atoms with Gasteiger partial charge in [0.1, 0.15) is 0 Å². The number of aliphatic hydroxyl groups excluding tert-OH is 2. The molecule has 1 aliphatic rings. The van der Waals surface area contributed by atoms with Crippen molar-refractivity contribution in [2.24, 2.45) is 0 Å². The maximum atomic E-state index is 9.00. The highest BCUT2D eigenvalue weighted by Gasteiger charge is 2.30. The number of rotatable bonds is 2. The zero-order valence-electron chi connectivity index (χ0n) is 7.59. The molecule has 0 aromatic heterocycles. The second kappa shape index (κ2) is 3.86. The van der Waals surface area contributed by atoms with Gasteiger partial charge in [-0.1, -0.05) is 12.1 Å². The topological polar surface area (TPSA) is 58.9 Å². The van der Waals surface area contributed by atoms with Crippen LogP contribution in [0, 0.1) is 0 Å². The van der Waals surface area contributed by atoms with Crippen LogP contribution >= 0.6 is 0 Å². The van der Waals surface area contributed by atoms with Crippen molar-refractivity contribution in [2.45, 2.75) is 12.2 Å². The monoisotopic (exact) mass is 196 g/mol. The third-order valence-electron chi connectivity index (χ3n) is 2.18. The molecule has 1 heterocycles. The Morgan fingerprint density at radius 3 is 1.71 bits per heavy atom. The van der Waals surface area contributed by atoms with Gasteiger partial charge in [-0.2, -0.15) is 0 Å². The summed E-state index contributed by atoms with van der Waals surface area (Å²) in [6, 6.07) is 7.20. The summed E-state index contributed by atoms with van der Waals surface area (Å²) < 4.78 is 10.9. The van der Waals surface area contributed by atoms with Crippen molar-refractivity contribution >= 4 is 0 Å². The Morgan fingerprint density at radius 1 is 0.929 bits per heavy atom. The van der Waals surface area contributed by atoms with Gasteiger partial charge in [0, 0.05) is 0 Å². The average molecular weight is 196 g/mol. The number of ether oxygens (including phenoxy) is 2. The Bertz CT molecular complexity index is 282. The normalized spacial score (nSPS) is 24.7. The molecule has 0 saturated heterocycles. The predicted octanol–water partition coefficient (Wildman–Crippen LogP) is 0.180. The highest BCUT2D eigenvalue weighted by molar-refractivity contribution is 5.41. The molecule has 1 aromatic carbocycles. The van der Waals surface area contributed by atoms with Gasteiger partial charge in [-0.3, -0.25) is 0 Å². The van der Waals surface area contributed by atoms with Crippen LogP contribution in [-0.4, -0.2) is 35.6 Å². The van der Waals surface area contributed by atoms with Crippen LogP contribution in [0.3, 0.4) is 0 Å². The van der Waals surface area contributed by atoms with Gasteiger partial charge in [-0.25, -0.2) is 0 Å². The Morgan fingerprint density at radius 2 is 1.36 bits per heavy atom. The highest BCUT2D eigenvalue weighted by Crippen LogP contribution is 2.33. The minimum Gasteiger partial charge on any atom is -0.480 e. The van der Waals surface area contributed by atoms with Gasteiger partial charge in [0.05, 0.1) is 13.2 Å². The molecule has 76 valence electrons. The summed E-state index contributed by atoms with van der Waals surface area (Å²) in [5, 5.41) is 18.0. The molecule has 1 aromatic rings. The minimum absolute atomic E-state index is 0.167. The zero-order chi connectivity index (χ0) is 9.97. The van der Waals surface area contributed by atoms with Crippen molar-refractivity contribution in [3.05, 3.63) is 24.3 Å². The maximum Gasteiger partial charge on any atom is 0.161 e. The lowest BCUT2D eigenvalue weighted by atomic mass is 10.2. The van der Waals surface area contributed by atoms with Crippen LogP contribution in [0.1, 0.15) is 0 Å². The first-order valence-corrected chi connectivity index (χ1v) is 4.49. The highest BCUT2D eigenvalue weighted by atomic mass is 16.6. The van der Waals surface area contributed by atoms with Crippen LogP contribution in [0.5, 0.6) is 11.5 Å². The Kier molecular flexibility index (Phi) is 2.56. The Labute approximate surface area is 81.7 Å². The van der Waals surface area contributed by atoms with E-state index < -0.39 is 12.2 Å². The molecule has 14 heavy (non-hydrogen) atoms. The number of fused-ring (bicyclic) bond motifs is 1. The Balaban J connectivity index is 2.25. The number of hydrogen-bond acceptors (Lipinski definition) is 4. The molecule has 2 atom stereocenters. The third-order valence-corrected chi connectivity index (χ3v) is 2.18. The molecular weight excluding hydrogens is 184 g/mol. The molecule has 0 unspecified atom stereocenters.